The van der Waals surface area contributed by atoms with Gasteiger partial charge in [0.15, 0.2) is 0 Å². The van der Waals surface area contributed by atoms with Gasteiger partial charge in [0.1, 0.15) is 23.3 Å². The highest BCUT2D eigenvalue weighted by molar-refractivity contribution is 5.85. The SMILES string of the molecule is COc1ccc(N[C@@H](C)C(=O)N/N=C\c2ccc(C)o2)cc1. The first kappa shape index (κ1) is 15.6. The number of nitrogens with zero attached hydrogens (tertiary/aromatic N) is 1. The zero-order valence-corrected chi connectivity index (χ0v) is 12.8. The number of rotatable bonds is 6. The number of ether oxygens (including phenoxy) is 1. The Labute approximate surface area is 129 Å². The van der Waals surface area contributed by atoms with Gasteiger partial charge in [0.05, 0.1) is 13.3 Å². The summed E-state index contributed by atoms with van der Waals surface area (Å²) in [6.45, 7) is 3.60. The fourth-order valence-corrected chi connectivity index (χ4v) is 1.78. The van der Waals surface area contributed by atoms with Crippen LogP contribution in [-0.2, 0) is 4.79 Å². The monoisotopic (exact) mass is 301 g/mol. The number of anilines is 1. The van der Waals surface area contributed by atoms with Gasteiger partial charge in [-0.1, -0.05) is 0 Å². The number of hydrazone groups is 1. The highest BCUT2D eigenvalue weighted by Gasteiger charge is 2.11. The average Bonchev–Trinajstić information content (AvgIpc) is 2.93. The summed E-state index contributed by atoms with van der Waals surface area (Å²) >= 11 is 0. The second kappa shape index (κ2) is 7.31. The van der Waals surface area contributed by atoms with Crippen LogP contribution >= 0.6 is 0 Å². The summed E-state index contributed by atoms with van der Waals surface area (Å²) in [5.41, 5.74) is 3.29. The summed E-state index contributed by atoms with van der Waals surface area (Å²) < 4.78 is 10.4. The summed E-state index contributed by atoms with van der Waals surface area (Å²) in [5.74, 6) is 1.91. The lowest BCUT2D eigenvalue weighted by atomic mass is 10.2. The Morgan fingerprint density at radius 3 is 2.59 bits per heavy atom. The molecule has 1 amide bonds. The molecule has 2 aromatic rings. The predicted octanol–water partition coefficient (Wildman–Crippen LogP) is 2.55. The zero-order valence-electron chi connectivity index (χ0n) is 12.8. The van der Waals surface area contributed by atoms with Crippen molar-refractivity contribution in [2.45, 2.75) is 19.9 Å². The molecule has 0 aliphatic rings. The Balaban J connectivity index is 1.84. The topological polar surface area (TPSA) is 75.9 Å². The summed E-state index contributed by atoms with van der Waals surface area (Å²) in [7, 11) is 1.61. The fourth-order valence-electron chi connectivity index (χ4n) is 1.78. The minimum Gasteiger partial charge on any atom is -0.497 e. The fraction of sp³-hybridized carbons (Fsp3) is 0.250. The largest absolute Gasteiger partial charge is 0.497 e. The van der Waals surface area contributed by atoms with Crippen LogP contribution in [0.2, 0.25) is 0 Å². The number of hydrogen-bond donors (Lipinski definition) is 2. The van der Waals surface area contributed by atoms with Crippen molar-refractivity contribution in [3.63, 3.8) is 0 Å². The maximum absolute atomic E-state index is 11.9. The van der Waals surface area contributed by atoms with Gasteiger partial charge in [0.2, 0.25) is 0 Å². The van der Waals surface area contributed by atoms with Crippen molar-refractivity contribution in [2.24, 2.45) is 5.10 Å². The van der Waals surface area contributed by atoms with Gasteiger partial charge in [0, 0.05) is 5.69 Å². The van der Waals surface area contributed by atoms with Gasteiger partial charge in [-0.05, 0) is 50.2 Å². The lowest BCUT2D eigenvalue weighted by Crippen LogP contribution is -2.34. The quantitative estimate of drug-likeness (QED) is 0.635. The van der Waals surface area contributed by atoms with E-state index in [1.807, 2.05) is 37.3 Å². The molecular formula is C16H19N3O3. The van der Waals surface area contributed by atoms with Gasteiger partial charge in [-0.2, -0.15) is 5.10 Å². The van der Waals surface area contributed by atoms with E-state index >= 15 is 0 Å². The van der Waals surface area contributed by atoms with Gasteiger partial charge in [-0.25, -0.2) is 5.43 Å². The first-order chi connectivity index (χ1) is 10.6. The number of aryl methyl sites for hydroxylation is 1. The number of carbonyl (C=O) groups excluding carboxylic acids is 1. The molecule has 0 aliphatic carbocycles. The van der Waals surface area contributed by atoms with E-state index in [2.05, 4.69) is 15.8 Å². The molecule has 0 aliphatic heterocycles. The number of nitrogens with one attached hydrogen (secondary N) is 2. The minimum absolute atomic E-state index is 0.240. The van der Waals surface area contributed by atoms with Gasteiger partial charge in [-0.15, -0.1) is 0 Å². The van der Waals surface area contributed by atoms with E-state index in [1.165, 1.54) is 6.21 Å². The lowest BCUT2D eigenvalue weighted by Gasteiger charge is -2.13. The van der Waals surface area contributed by atoms with E-state index < -0.39 is 6.04 Å². The average molecular weight is 301 g/mol. The van der Waals surface area contributed by atoms with Crippen molar-refractivity contribution in [2.75, 3.05) is 12.4 Å². The molecule has 1 aromatic carbocycles. The molecule has 0 unspecified atom stereocenters. The van der Waals surface area contributed by atoms with Gasteiger partial charge in [0.25, 0.3) is 5.91 Å². The predicted molar refractivity (Wildman–Crippen MR) is 85.3 cm³/mol. The van der Waals surface area contributed by atoms with Crippen molar-refractivity contribution < 1.29 is 13.9 Å². The highest BCUT2D eigenvalue weighted by atomic mass is 16.5. The van der Waals surface area contributed by atoms with Crippen molar-refractivity contribution in [1.82, 2.24) is 5.43 Å². The van der Waals surface area contributed by atoms with Crippen LogP contribution in [0.4, 0.5) is 5.69 Å². The molecule has 0 bridgehead atoms. The maximum atomic E-state index is 11.9. The molecule has 1 heterocycles. The second-order valence-electron chi connectivity index (χ2n) is 4.78. The number of benzene rings is 1. The molecule has 0 saturated carbocycles. The Bertz CT molecular complexity index is 647. The van der Waals surface area contributed by atoms with Crippen LogP contribution in [0.1, 0.15) is 18.4 Å². The molecule has 0 fully saturated rings. The van der Waals surface area contributed by atoms with E-state index in [9.17, 15) is 4.79 Å². The summed E-state index contributed by atoms with van der Waals surface area (Å²) in [6, 6.07) is 10.5. The molecule has 2 N–H and O–H groups in total. The number of furan rings is 1. The Morgan fingerprint density at radius 1 is 1.27 bits per heavy atom. The van der Waals surface area contributed by atoms with Crippen molar-refractivity contribution in [1.29, 1.82) is 0 Å². The van der Waals surface area contributed by atoms with E-state index in [0.717, 1.165) is 17.2 Å². The van der Waals surface area contributed by atoms with Crippen LogP contribution in [0.3, 0.4) is 0 Å². The molecule has 1 atom stereocenters. The van der Waals surface area contributed by atoms with Crippen LogP contribution in [0.25, 0.3) is 0 Å². The highest BCUT2D eigenvalue weighted by Crippen LogP contribution is 2.15. The Hall–Kier alpha value is -2.76. The van der Waals surface area contributed by atoms with Crippen molar-refractivity contribution in [3.8, 4) is 5.75 Å². The summed E-state index contributed by atoms with van der Waals surface area (Å²) in [4.78, 5) is 11.9. The van der Waals surface area contributed by atoms with Crippen LogP contribution in [0.5, 0.6) is 5.75 Å². The number of hydrogen-bond acceptors (Lipinski definition) is 5. The van der Waals surface area contributed by atoms with Crippen LogP contribution < -0.4 is 15.5 Å². The van der Waals surface area contributed by atoms with Gasteiger partial charge in [-0.3, -0.25) is 4.79 Å². The minimum atomic E-state index is -0.427. The van der Waals surface area contributed by atoms with E-state index in [-0.39, 0.29) is 5.91 Å². The van der Waals surface area contributed by atoms with Crippen molar-refractivity contribution >= 4 is 17.8 Å². The number of amides is 1. The van der Waals surface area contributed by atoms with Crippen LogP contribution in [0.15, 0.2) is 45.9 Å². The zero-order chi connectivity index (χ0) is 15.9. The molecule has 0 spiro atoms. The Morgan fingerprint density at radius 2 is 2.00 bits per heavy atom. The molecule has 22 heavy (non-hydrogen) atoms. The normalized spacial score (nSPS) is 12.1. The molecular weight excluding hydrogens is 282 g/mol. The van der Waals surface area contributed by atoms with Crippen LogP contribution in [0, 0.1) is 6.92 Å². The smallest absolute Gasteiger partial charge is 0.262 e. The van der Waals surface area contributed by atoms with Gasteiger partial charge >= 0.3 is 0 Å². The third-order valence-electron chi connectivity index (χ3n) is 2.99. The molecule has 6 nitrogen and oxygen atoms in total. The third-order valence-corrected chi connectivity index (χ3v) is 2.99. The van der Waals surface area contributed by atoms with Gasteiger partial charge < -0.3 is 14.5 Å². The molecule has 6 heteroatoms. The standard InChI is InChI=1S/C16H19N3O3/c1-11-4-7-15(22-11)10-17-19-16(20)12(2)18-13-5-8-14(21-3)9-6-13/h4-10,12,18H,1-3H3,(H,19,20)/b17-10-/t12-/m0/s1. The molecule has 0 radical (unpaired) electrons. The van der Waals surface area contributed by atoms with E-state index in [1.54, 1.807) is 20.1 Å². The van der Waals surface area contributed by atoms with Crippen molar-refractivity contribution in [3.05, 3.63) is 47.9 Å². The molecule has 2 rings (SSSR count). The maximum Gasteiger partial charge on any atom is 0.262 e. The molecule has 116 valence electrons. The van der Waals surface area contributed by atoms with E-state index in [4.69, 9.17) is 9.15 Å². The van der Waals surface area contributed by atoms with E-state index in [0.29, 0.717) is 5.76 Å². The second-order valence-corrected chi connectivity index (χ2v) is 4.78. The molecule has 1 aromatic heterocycles. The number of methoxy groups -OCH3 is 1. The summed E-state index contributed by atoms with van der Waals surface area (Å²) in [5, 5.41) is 6.95. The first-order valence-electron chi connectivity index (χ1n) is 6.88. The molecule has 0 saturated heterocycles. The lowest BCUT2D eigenvalue weighted by molar-refractivity contribution is -0.121. The first-order valence-corrected chi connectivity index (χ1v) is 6.88. The summed E-state index contributed by atoms with van der Waals surface area (Å²) in [6.07, 6.45) is 1.46. The third kappa shape index (κ3) is 4.37. The number of carbonyl (C=O) groups is 1. The Kier molecular flexibility index (Phi) is 5.19. The van der Waals surface area contributed by atoms with Crippen LogP contribution in [-0.4, -0.2) is 25.3 Å².